The minimum atomic E-state index is 0.851. The summed E-state index contributed by atoms with van der Waals surface area (Å²) < 4.78 is 5.57. The maximum absolute atomic E-state index is 5.57. The predicted molar refractivity (Wildman–Crippen MR) is 60.4 cm³/mol. The van der Waals surface area contributed by atoms with Gasteiger partial charge in [0.05, 0.1) is 6.61 Å². The Hall–Kier alpha value is -0.550. The number of rotatable bonds is 5. The highest BCUT2D eigenvalue weighted by atomic mass is 31.1. The molecular formula is C11H17OP. The van der Waals surface area contributed by atoms with Gasteiger partial charge in [-0.1, -0.05) is 17.7 Å². The van der Waals surface area contributed by atoms with Gasteiger partial charge in [0.15, 0.2) is 0 Å². The lowest BCUT2D eigenvalue weighted by Gasteiger charge is -2.05. The van der Waals surface area contributed by atoms with Gasteiger partial charge >= 0.3 is 0 Å². The lowest BCUT2D eigenvalue weighted by atomic mass is 10.2. The minimum absolute atomic E-state index is 0.851. The van der Waals surface area contributed by atoms with Crippen LogP contribution in [-0.2, 0) is 0 Å². The van der Waals surface area contributed by atoms with E-state index in [0.717, 1.165) is 20.9 Å². The maximum atomic E-state index is 5.57. The van der Waals surface area contributed by atoms with E-state index in [1.165, 1.54) is 18.1 Å². The SMILES string of the molecule is CPCCCOc1ccc(C)cc1. The highest BCUT2D eigenvalue weighted by Crippen LogP contribution is 2.12. The molecule has 1 aromatic rings. The highest BCUT2D eigenvalue weighted by molar-refractivity contribution is 7.36. The molecule has 0 amide bonds. The molecule has 0 aliphatic rings. The molecule has 2 heteroatoms. The minimum Gasteiger partial charge on any atom is -0.494 e. The van der Waals surface area contributed by atoms with Crippen LogP contribution in [-0.4, -0.2) is 19.4 Å². The van der Waals surface area contributed by atoms with Crippen LogP contribution >= 0.6 is 8.58 Å². The molecule has 72 valence electrons. The topological polar surface area (TPSA) is 9.23 Å². The molecule has 1 nitrogen and oxygen atoms in total. The molecule has 0 fully saturated rings. The third kappa shape index (κ3) is 4.28. The second-order valence-electron chi connectivity index (χ2n) is 3.12. The van der Waals surface area contributed by atoms with E-state index >= 15 is 0 Å². The summed E-state index contributed by atoms with van der Waals surface area (Å²) >= 11 is 0. The molecule has 0 aliphatic heterocycles. The summed E-state index contributed by atoms with van der Waals surface area (Å²) in [6, 6.07) is 8.22. The summed E-state index contributed by atoms with van der Waals surface area (Å²) in [5, 5.41) is 0. The van der Waals surface area contributed by atoms with E-state index in [-0.39, 0.29) is 0 Å². The van der Waals surface area contributed by atoms with E-state index in [1.807, 2.05) is 12.1 Å². The van der Waals surface area contributed by atoms with Crippen molar-refractivity contribution < 1.29 is 4.74 Å². The summed E-state index contributed by atoms with van der Waals surface area (Å²) in [5.41, 5.74) is 1.28. The molecule has 1 rings (SSSR count). The van der Waals surface area contributed by atoms with Crippen molar-refractivity contribution in [2.75, 3.05) is 19.4 Å². The molecule has 0 aliphatic carbocycles. The average molecular weight is 196 g/mol. The Morgan fingerprint density at radius 3 is 2.54 bits per heavy atom. The fraction of sp³-hybridized carbons (Fsp3) is 0.455. The van der Waals surface area contributed by atoms with Gasteiger partial charge in [0, 0.05) is 0 Å². The third-order valence-corrected chi connectivity index (χ3v) is 2.71. The van der Waals surface area contributed by atoms with Crippen molar-refractivity contribution in [2.45, 2.75) is 13.3 Å². The van der Waals surface area contributed by atoms with E-state index in [2.05, 4.69) is 25.7 Å². The van der Waals surface area contributed by atoms with Crippen LogP contribution < -0.4 is 4.74 Å². The van der Waals surface area contributed by atoms with Crippen LogP contribution in [0, 0.1) is 6.92 Å². The van der Waals surface area contributed by atoms with Gasteiger partial charge in [-0.25, -0.2) is 0 Å². The van der Waals surface area contributed by atoms with Crippen molar-refractivity contribution in [1.82, 2.24) is 0 Å². The molecule has 0 radical (unpaired) electrons. The number of aryl methyl sites for hydroxylation is 1. The summed E-state index contributed by atoms with van der Waals surface area (Å²) in [6.07, 6.45) is 2.45. The molecule has 0 heterocycles. The van der Waals surface area contributed by atoms with Crippen LogP contribution in [0.15, 0.2) is 24.3 Å². The van der Waals surface area contributed by atoms with Gasteiger partial charge in [-0.2, -0.15) is 0 Å². The van der Waals surface area contributed by atoms with Crippen LogP contribution in [0.2, 0.25) is 0 Å². The number of hydrogen-bond acceptors (Lipinski definition) is 1. The molecule has 0 aromatic heterocycles. The van der Waals surface area contributed by atoms with E-state index < -0.39 is 0 Å². The van der Waals surface area contributed by atoms with Crippen LogP contribution in [0.25, 0.3) is 0 Å². The van der Waals surface area contributed by atoms with Gasteiger partial charge in [0.1, 0.15) is 5.75 Å². The molecule has 1 unspecified atom stereocenters. The largest absolute Gasteiger partial charge is 0.494 e. The van der Waals surface area contributed by atoms with Crippen molar-refractivity contribution in [3.8, 4) is 5.75 Å². The highest BCUT2D eigenvalue weighted by Gasteiger charge is 1.91. The smallest absolute Gasteiger partial charge is 0.119 e. The number of ether oxygens (including phenoxy) is 1. The zero-order chi connectivity index (χ0) is 9.52. The Kier molecular flexibility index (Phi) is 4.85. The van der Waals surface area contributed by atoms with Crippen LogP contribution in [0.3, 0.4) is 0 Å². The fourth-order valence-electron chi connectivity index (χ4n) is 1.07. The number of hydrogen-bond donors (Lipinski definition) is 0. The molecule has 1 atom stereocenters. The van der Waals surface area contributed by atoms with E-state index in [4.69, 9.17) is 4.74 Å². The Morgan fingerprint density at radius 1 is 1.23 bits per heavy atom. The Balaban J connectivity index is 2.25. The second kappa shape index (κ2) is 5.99. The van der Waals surface area contributed by atoms with Gasteiger partial charge in [-0.3, -0.25) is 0 Å². The first kappa shape index (κ1) is 10.5. The zero-order valence-corrected chi connectivity index (χ0v) is 9.34. The Labute approximate surface area is 82.3 Å². The second-order valence-corrected chi connectivity index (χ2v) is 4.33. The van der Waals surface area contributed by atoms with Crippen molar-refractivity contribution in [2.24, 2.45) is 0 Å². The van der Waals surface area contributed by atoms with Crippen molar-refractivity contribution in [3.63, 3.8) is 0 Å². The van der Waals surface area contributed by atoms with E-state index in [0.29, 0.717) is 0 Å². The van der Waals surface area contributed by atoms with Gasteiger partial charge in [0.25, 0.3) is 0 Å². The molecule has 0 saturated heterocycles. The van der Waals surface area contributed by atoms with Gasteiger partial charge in [-0.15, -0.1) is 8.58 Å². The van der Waals surface area contributed by atoms with Crippen LogP contribution in [0.4, 0.5) is 0 Å². The zero-order valence-electron chi connectivity index (χ0n) is 8.34. The monoisotopic (exact) mass is 196 g/mol. The van der Waals surface area contributed by atoms with Crippen LogP contribution in [0.1, 0.15) is 12.0 Å². The van der Waals surface area contributed by atoms with E-state index in [1.54, 1.807) is 0 Å². The molecule has 0 N–H and O–H groups in total. The first-order valence-electron chi connectivity index (χ1n) is 4.67. The molecule has 0 spiro atoms. The van der Waals surface area contributed by atoms with Crippen LogP contribution in [0.5, 0.6) is 5.75 Å². The van der Waals surface area contributed by atoms with Crippen molar-refractivity contribution >= 4 is 8.58 Å². The third-order valence-electron chi connectivity index (χ3n) is 1.86. The number of benzene rings is 1. The lowest BCUT2D eigenvalue weighted by Crippen LogP contribution is -1.97. The first-order valence-corrected chi connectivity index (χ1v) is 6.37. The van der Waals surface area contributed by atoms with Crippen molar-refractivity contribution in [1.29, 1.82) is 0 Å². The molecule has 0 saturated carbocycles. The lowest BCUT2D eigenvalue weighted by molar-refractivity contribution is 0.318. The summed E-state index contributed by atoms with van der Waals surface area (Å²) in [5.74, 6) is 0.991. The fourth-order valence-corrected chi connectivity index (χ4v) is 1.57. The summed E-state index contributed by atoms with van der Waals surface area (Å²) in [6.45, 7) is 5.16. The Morgan fingerprint density at radius 2 is 1.92 bits per heavy atom. The molecule has 13 heavy (non-hydrogen) atoms. The quantitative estimate of drug-likeness (QED) is 0.519. The standard InChI is InChI=1S/C11H17OP/c1-10-4-6-11(7-5-10)12-8-3-9-13-2/h4-7,13H,3,8-9H2,1-2H3. The predicted octanol–water partition coefficient (Wildman–Crippen LogP) is 3.07. The van der Waals surface area contributed by atoms with Crippen molar-refractivity contribution in [3.05, 3.63) is 29.8 Å². The van der Waals surface area contributed by atoms with E-state index in [9.17, 15) is 0 Å². The first-order chi connectivity index (χ1) is 6.33. The summed E-state index contributed by atoms with van der Waals surface area (Å²) in [7, 11) is 1.04. The summed E-state index contributed by atoms with van der Waals surface area (Å²) in [4.78, 5) is 0. The maximum Gasteiger partial charge on any atom is 0.119 e. The molecule has 0 bridgehead atoms. The molecule has 1 aromatic carbocycles. The normalized spacial score (nSPS) is 10.9. The Bertz CT molecular complexity index is 230. The van der Waals surface area contributed by atoms with Gasteiger partial charge in [0.2, 0.25) is 0 Å². The van der Waals surface area contributed by atoms with Gasteiger partial charge < -0.3 is 4.74 Å². The average Bonchev–Trinajstić information content (AvgIpc) is 2.15. The van der Waals surface area contributed by atoms with Gasteiger partial charge in [-0.05, 0) is 38.3 Å². The molecular weight excluding hydrogens is 179 g/mol.